The van der Waals surface area contributed by atoms with Gasteiger partial charge in [-0.2, -0.15) is 0 Å². The number of thiazole rings is 1. The number of methoxy groups -OCH3 is 1. The van der Waals surface area contributed by atoms with Gasteiger partial charge < -0.3 is 9.64 Å². The van der Waals surface area contributed by atoms with Crippen molar-refractivity contribution in [3.05, 3.63) is 35.1 Å². The van der Waals surface area contributed by atoms with Crippen LogP contribution in [0.3, 0.4) is 0 Å². The normalized spacial score (nSPS) is 16.7. The average molecular weight is 345 g/mol. The molecular formula is C18H23N3O2S. The van der Waals surface area contributed by atoms with Crippen LogP contribution in [0.15, 0.2) is 24.5 Å². The van der Waals surface area contributed by atoms with Gasteiger partial charge in [-0.05, 0) is 31.9 Å². The lowest BCUT2D eigenvalue weighted by atomic mass is 9.89. The van der Waals surface area contributed by atoms with Gasteiger partial charge in [-0.3, -0.25) is 9.78 Å². The van der Waals surface area contributed by atoms with E-state index >= 15 is 0 Å². The third-order valence-electron chi connectivity index (χ3n) is 4.47. The predicted octanol–water partition coefficient (Wildman–Crippen LogP) is 2.80. The van der Waals surface area contributed by atoms with Gasteiger partial charge in [0.2, 0.25) is 5.91 Å². The van der Waals surface area contributed by atoms with E-state index in [0.717, 1.165) is 42.1 Å². The number of amides is 1. The monoisotopic (exact) mass is 345 g/mol. The fourth-order valence-electron chi connectivity index (χ4n) is 3.09. The number of carbonyl (C=O) groups excluding carboxylic acids is 1. The number of aromatic nitrogens is 2. The molecule has 3 rings (SSSR count). The van der Waals surface area contributed by atoms with Gasteiger partial charge in [-0.1, -0.05) is 0 Å². The first kappa shape index (κ1) is 17.0. The van der Waals surface area contributed by atoms with Crippen molar-refractivity contribution in [2.24, 2.45) is 5.92 Å². The zero-order chi connectivity index (χ0) is 16.9. The van der Waals surface area contributed by atoms with E-state index in [1.54, 1.807) is 30.8 Å². The van der Waals surface area contributed by atoms with E-state index in [1.807, 2.05) is 24.0 Å². The molecule has 1 aliphatic carbocycles. The highest BCUT2D eigenvalue weighted by molar-refractivity contribution is 7.15. The second kappa shape index (κ2) is 7.85. The summed E-state index contributed by atoms with van der Waals surface area (Å²) in [6, 6.07) is 3.97. The highest BCUT2D eigenvalue weighted by Crippen LogP contribution is 2.34. The second-order valence-corrected chi connectivity index (χ2v) is 7.06. The van der Waals surface area contributed by atoms with Gasteiger partial charge in [0.1, 0.15) is 5.01 Å². The highest BCUT2D eigenvalue weighted by atomic mass is 32.1. The number of fused-ring (bicyclic) bond motifs is 1. The fourth-order valence-corrected chi connectivity index (χ4v) is 4.20. The Morgan fingerprint density at radius 3 is 2.92 bits per heavy atom. The fraction of sp³-hybridized carbons (Fsp3) is 0.500. The summed E-state index contributed by atoms with van der Waals surface area (Å²) in [5.74, 6) is 0.278. The molecule has 2 aromatic rings. The molecule has 0 spiro atoms. The van der Waals surface area contributed by atoms with Crippen LogP contribution in [0.25, 0.3) is 10.6 Å². The molecule has 1 atom stereocenters. The van der Waals surface area contributed by atoms with Crippen LogP contribution in [0.2, 0.25) is 0 Å². The Hall–Kier alpha value is -1.79. The van der Waals surface area contributed by atoms with Crippen molar-refractivity contribution in [1.29, 1.82) is 0 Å². The summed E-state index contributed by atoms with van der Waals surface area (Å²) in [6.45, 7) is 3.99. The largest absolute Gasteiger partial charge is 0.383 e. The summed E-state index contributed by atoms with van der Waals surface area (Å²) < 4.78 is 5.11. The van der Waals surface area contributed by atoms with Crippen molar-refractivity contribution in [1.82, 2.24) is 14.9 Å². The molecule has 2 aromatic heterocycles. The van der Waals surface area contributed by atoms with Crippen molar-refractivity contribution in [2.45, 2.75) is 26.2 Å². The first-order chi connectivity index (χ1) is 11.7. The molecule has 1 unspecified atom stereocenters. The van der Waals surface area contributed by atoms with Gasteiger partial charge in [0.25, 0.3) is 0 Å². The summed E-state index contributed by atoms with van der Waals surface area (Å²) in [6.07, 6.45) is 6.18. The minimum atomic E-state index is 0.0432. The number of carbonyl (C=O) groups is 1. The minimum absolute atomic E-state index is 0.0432. The number of hydrogen-bond donors (Lipinski definition) is 0. The van der Waals surface area contributed by atoms with E-state index in [-0.39, 0.29) is 11.8 Å². The molecule has 2 heterocycles. The highest BCUT2D eigenvalue weighted by Gasteiger charge is 2.30. The van der Waals surface area contributed by atoms with E-state index in [2.05, 4.69) is 4.98 Å². The molecule has 1 aliphatic rings. The molecule has 0 saturated carbocycles. The summed E-state index contributed by atoms with van der Waals surface area (Å²) in [5, 5.41) is 1.03. The van der Waals surface area contributed by atoms with Gasteiger partial charge in [-0.25, -0.2) is 4.98 Å². The summed E-state index contributed by atoms with van der Waals surface area (Å²) in [7, 11) is 1.67. The number of pyridine rings is 1. The molecule has 0 bridgehead atoms. The standard InChI is InChI=1S/C18H23N3O2S/c1-3-21(10-11-23-2)18(22)14-4-5-16-15(12-14)20-17(24-16)13-6-8-19-9-7-13/h6-9,14H,3-5,10-12H2,1-2H3. The lowest BCUT2D eigenvalue weighted by Gasteiger charge is -2.28. The van der Waals surface area contributed by atoms with Crippen molar-refractivity contribution >= 4 is 17.2 Å². The Balaban J connectivity index is 1.72. The van der Waals surface area contributed by atoms with Crippen LogP contribution >= 0.6 is 11.3 Å². The lowest BCUT2D eigenvalue weighted by molar-refractivity contribution is -0.136. The van der Waals surface area contributed by atoms with Crippen LogP contribution in [-0.2, 0) is 22.4 Å². The molecule has 5 nitrogen and oxygen atoms in total. The van der Waals surface area contributed by atoms with Crippen molar-refractivity contribution < 1.29 is 9.53 Å². The number of nitrogens with zero attached hydrogens (tertiary/aromatic N) is 3. The molecule has 6 heteroatoms. The van der Waals surface area contributed by atoms with Crippen LogP contribution in [0.4, 0.5) is 0 Å². The number of ether oxygens (including phenoxy) is 1. The molecule has 0 N–H and O–H groups in total. The van der Waals surface area contributed by atoms with E-state index in [1.165, 1.54) is 4.88 Å². The van der Waals surface area contributed by atoms with E-state index in [4.69, 9.17) is 9.72 Å². The molecule has 1 amide bonds. The lowest BCUT2D eigenvalue weighted by Crippen LogP contribution is -2.40. The number of aryl methyl sites for hydroxylation is 1. The SMILES string of the molecule is CCN(CCOC)C(=O)C1CCc2sc(-c3ccncc3)nc2C1. The van der Waals surface area contributed by atoms with Crippen LogP contribution in [0.5, 0.6) is 0 Å². The van der Waals surface area contributed by atoms with Crippen LogP contribution in [-0.4, -0.2) is 47.6 Å². The summed E-state index contributed by atoms with van der Waals surface area (Å²) in [4.78, 5) is 24.8. The number of rotatable bonds is 6. The Morgan fingerprint density at radius 2 is 2.21 bits per heavy atom. The smallest absolute Gasteiger partial charge is 0.226 e. The molecule has 0 aromatic carbocycles. The second-order valence-electron chi connectivity index (χ2n) is 5.98. The summed E-state index contributed by atoms with van der Waals surface area (Å²) >= 11 is 1.75. The van der Waals surface area contributed by atoms with E-state index in [9.17, 15) is 4.79 Å². The minimum Gasteiger partial charge on any atom is -0.383 e. The molecule has 0 radical (unpaired) electrons. The van der Waals surface area contributed by atoms with E-state index < -0.39 is 0 Å². The molecule has 24 heavy (non-hydrogen) atoms. The maximum absolute atomic E-state index is 12.8. The molecule has 0 saturated heterocycles. The Morgan fingerprint density at radius 1 is 1.42 bits per heavy atom. The molecule has 0 aliphatic heterocycles. The molecular weight excluding hydrogens is 322 g/mol. The zero-order valence-electron chi connectivity index (χ0n) is 14.2. The Labute approximate surface area is 146 Å². The van der Waals surface area contributed by atoms with Crippen LogP contribution in [0, 0.1) is 5.92 Å². The Kier molecular flexibility index (Phi) is 5.58. The van der Waals surface area contributed by atoms with Crippen molar-refractivity contribution in [3.63, 3.8) is 0 Å². The summed E-state index contributed by atoms with van der Waals surface area (Å²) in [5.41, 5.74) is 2.20. The topological polar surface area (TPSA) is 55.3 Å². The van der Waals surface area contributed by atoms with Crippen LogP contribution < -0.4 is 0 Å². The Bertz CT molecular complexity index is 687. The maximum Gasteiger partial charge on any atom is 0.226 e. The third kappa shape index (κ3) is 3.65. The number of likely N-dealkylation sites (N-methyl/N-ethyl adjacent to an activating group) is 1. The molecule has 128 valence electrons. The third-order valence-corrected chi connectivity index (χ3v) is 5.68. The predicted molar refractivity (Wildman–Crippen MR) is 95.0 cm³/mol. The first-order valence-corrected chi connectivity index (χ1v) is 9.21. The number of hydrogen-bond acceptors (Lipinski definition) is 5. The van der Waals surface area contributed by atoms with Gasteiger partial charge in [0.15, 0.2) is 0 Å². The first-order valence-electron chi connectivity index (χ1n) is 8.39. The van der Waals surface area contributed by atoms with Crippen LogP contribution in [0.1, 0.15) is 23.9 Å². The molecule has 0 fully saturated rings. The zero-order valence-corrected chi connectivity index (χ0v) is 15.0. The maximum atomic E-state index is 12.8. The van der Waals surface area contributed by atoms with Gasteiger partial charge >= 0.3 is 0 Å². The van der Waals surface area contributed by atoms with E-state index in [0.29, 0.717) is 13.2 Å². The average Bonchev–Trinajstić information content (AvgIpc) is 3.06. The quantitative estimate of drug-likeness (QED) is 0.808. The van der Waals surface area contributed by atoms with Gasteiger partial charge in [0.05, 0.1) is 12.3 Å². The van der Waals surface area contributed by atoms with Crippen molar-refractivity contribution in [2.75, 3.05) is 26.8 Å². The van der Waals surface area contributed by atoms with Crippen molar-refractivity contribution in [3.8, 4) is 10.6 Å². The van der Waals surface area contributed by atoms with Gasteiger partial charge in [-0.15, -0.1) is 11.3 Å². The van der Waals surface area contributed by atoms with Gasteiger partial charge in [0, 0.05) is 55.4 Å².